The minimum Gasteiger partial charge on any atom is -0.387 e. The van der Waals surface area contributed by atoms with E-state index in [2.05, 4.69) is 15.3 Å². The van der Waals surface area contributed by atoms with Gasteiger partial charge in [-0.05, 0) is 24.1 Å². The Morgan fingerprint density at radius 3 is 3.00 bits per heavy atom. The molecule has 2 aliphatic rings. The molecule has 0 aromatic carbocycles. The number of aliphatic imine (C=N–C) groups is 1. The predicted octanol–water partition coefficient (Wildman–Crippen LogP) is 2.93. The molecule has 2 heterocycles. The van der Waals surface area contributed by atoms with Gasteiger partial charge in [-0.15, -0.1) is 0 Å². The minimum atomic E-state index is -0.965. The van der Waals surface area contributed by atoms with Crippen LogP contribution in [0.4, 0.5) is 4.39 Å². The van der Waals surface area contributed by atoms with Crippen molar-refractivity contribution in [1.29, 1.82) is 0 Å². The highest BCUT2D eigenvalue weighted by molar-refractivity contribution is 6.16. The van der Waals surface area contributed by atoms with Crippen LogP contribution in [0.25, 0.3) is 5.57 Å². The lowest BCUT2D eigenvalue weighted by Gasteiger charge is -2.18. The number of allylic oxidation sites excluding steroid dienone is 4. The Morgan fingerprint density at radius 1 is 1.52 bits per heavy atom. The molecule has 0 spiro atoms. The summed E-state index contributed by atoms with van der Waals surface area (Å²) in [5.74, 6) is -0.0337. The van der Waals surface area contributed by atoms with Gasteiger partial charge in [-0.3, -0.25) is 14.8 Å². The highest BCUT2D eigenvalue weighted by Gasteiger charge is 2.32. The number of methoxy groups -OCH3 is 1. The van der Waals surface area contributed by atoms with Crippen LogP contribution in [0, 0.1) is 0 Å². The second-order valence-electron chi connectivity index (χ2n) is 6.95. The van der Waals surface area contributed by atoms with Crippen molar-refractivity contribution in [3.63, 3.8) is 0 Å². The van der Waals surface area contributed by atoms with Crippen molar-refractivity contribution in [3.05, 3.63) is 58.6 Å². The van der Waals surface area contributed by atoms with Gasteiger partial charge in [0.25, 0.3) is 5.91 Å². The molecule has 1 atom stereocenters. The third-order valence-corrected chi connectivity index (χ3v) is 5.05. The Bertz CT molecular complexity index is 889. The van der Waals surface area contributed by atoms with Gasteiger partial charge < -0.3 is 15.0 Å². The highest BCUT2D eigenvalue weighted by atomic mass is 19.1. The number of ether oxygens (including phenoxy) is 1. The summed E-state index contributed by atoms with van der Waals surface area (Å²) >= 11 is 0. The molecule has 0 bridgehead atoms. The first kappa shape index (κ1) is 20.9. The molecule has 29 heavy (non-hydrogen) atoms. The fraction of sp³-hybridized carbons (Fsp3) is 0.409. The van der Waals surface area contributed by atoms with Gasteiger partial charge in [0.1, 0.15) is 6.17 Å². The molecule has 0 saturated carbocycles. The molecule has 0 radical (unpaired) electrons. The lowest BCUT2D eigenvalue weighted by atomic mass is 9.93. The van der Waals surface area contributed by atoms with E-state index in [1.807, 2.05) is 19.2 Å². The van der Waals surface area contributed by atoms with E-state index >= 15 is 0 Å². The van der Waals surface area contributed by atoms with Crippen LogP contribution in [-0.4, -0.2) is 62.5 Å². The topological polar surface area (TPSA) is 66.8 Å². The number of nitrogens with one attached hydrogen (secondary N) is 1. The van der Waals surface area contributed by atoms with Crippen molar-refractivity contribution in [1.82, 2.24) is 15.2 Å². The van der Waals surface area contributed by atoms with E-state index in [0.717, 1.165) is 34.5 Å². The zero-order valence-electron chi connectivity index (χ0n) is 17.1. The summed E-state index contributed by atoms with van der Waals surface area (Å²) in [7, 11) is 5.16. The van der Waals surface area contributed by atoms with Gasteiger partial charge in [0.05, 0.1) is 23.5 Å². The third-order valence-electron chi connectivity index (χ3n) is 5.05. The molecule has 0 saturated heterocycles. The number of hydrogen-bond acceptors (Lipinski definition) is 5. The molecule has 7 heteroatoms. The molecule has 1 aromatic rings. The molecule has 1 amide bonds. The number of rotatable bonds is 8. The Morgan fingerprint density at radius 2 is 2.34 bits per heavy atom. The minimum absolute atomic E-state index is 0.0337. The number of halogens is 1. The van der Waals surface area contributed by atoms with Crippen molar-refractivity contribution in [2.24, 2.45) is 4.99 Å². The molecule has 1 aromatic heterocycles. The van der Waals surface area contributed by atoms with Gasteiger partial charge in [-0.1, -0.05) is 12.2 Å². The van der Waals surface area contributed by atoms with E-state index in [9.17, 15) is 9.18 Å². The fourth-order valence-corrected chi connectivity index (χ4v) is 3.69. The average molecular weight is 398 g/mol. The second kappa shape index (κ2) is 9.60. The van der Waals surface area contributed by atoms with Crippen molar-refractivity contribution in [3.8, 4) is 0 Å². The van der Waals surface area contributed by atoms with Crippen LogP contribution in [0.5, 0.6) is 0 Å². The number of fused-ring (bicyclic) bond motifs is 1. The Kier molecular flexibility index (Phi) is 6.93. The van der Waals surface area contributed by atoms with Gasteiger partial charge in [0.2, 0.25) is 0 Å². The van der Waals surface area contributed by atoms with E-state index in [1.54, 1.807) is 43.6 Å². The maximum Gasteiger partial charge on any atom is 0.256 e. The van der Waals surface area contributed by atoms with Crippen molar-refractivity contribution in [2.45, 2.75) is 25.6 Å². The van der Waals surface area contributed by atoms with Crippen molar-refractivity contribution in [2.75, 3.05) is 34.4 Å². The number of nitrogens with zero attached hydrogens (tertiary/aromatic N) is 3. The molecule has 154 valence electrons. The number of alkyl halides is 1. The van der Waals surface area contributed by atoms with Crippen LogP contribution < -0.4 is 5.32 Å². The lowest BCUT2D eigenvalue weighted by Crippen LogP contribution is -2.26. The molecular formula is C22H27FN4O2. The maximum absolute atomic E-state index is 13.5. The number of aromatic nitrogens is 1. The maximum atomic E-state index is 13.5. The number of amides is 1. The quantitative estimate of drug-likeness (QED) is 0.540. The van der Waals surface area contributed by atoms with Crippen molar-refractivity contribution >= 4 is 17.7 Å². The van der Waals surface area contributed by atoms with Crippen LogP contribution in [-0.2, 0) is 11.3 Å². The van der Waals surface area contributed by atoms with E-state index in [-0.39, 0.29) is 5.91 Å². The molecule has 1 unspecified atom stereocenters. The average Bonchev–Trinajstić information content (AvgIpc) is 3.05. The van der Waals surface area contributed by atoms with Crippen LogP contribution in [0.15, 0.2) is 46.8 Å². The first-order chi connectivity index (χ1) is 14.1. The lowest BCUT2D eigenvalue weighted by molar-refractivity contribution is 0.0759. The highest BCUT2D eigenvalue weighted by Crippen LogP contribution is 2.32. The zero-order valence-corrected chi connectivity index (χ0v) is 17.1. The summed E-state index contributed by atoms with van der Waals surface area (Å²) in [5.41, 5.74) is 4.62. The summed E-state index contributed by atoms with van der Waals surface area (Å²) in [6, 6.07) is 1.84. The van der Waals surface area contributed by atoms with Crippen LogP contribution in [0.1, 0.15) is 34.5 Å². The Labute approximate surface area is 170 Å². The standard InChI is InChI=1S/C22H27FN4O2/c1-24-13-18(21(25-2)15-5-7-16(23)8-6-15)17-9-10-26-19-14-27(11-4-12-29-3)22(28)20(17)19/h5-7,9-10,13,16,25H,4,8,11-12,14H2,1-3H3. The van der Waals surface area contributed by atoms with Gasteiger partial charge in [-0.2, -0.15) is 0 Å². The summed E-state index contributed by atoms with van der Waals surface area (Å²) in [6.45, 7) is 1.71. The number of hydrogen-bond donors (Lipinski definition) is 1. The number of carbonyl (C=O) groups excluding carboxylic acids is 1. The molecule has 6 nitrogen and oxygen atoms in total. The normalized spacial score (nSPS) is 19.4. The van der Waals surface area contributed by atoms with Gasteiger partial charge in [0.15, 0.2) is 0 Å². The smallest absolute Gasteiger partial charge is 0.256 e. The molecule has 0 fully saturated rings. The zero-order chi connectivity index (χ0) is 20.8. The van der Waals surface area contributed by atoms with E-state index < -0.39 is 6.17 Å². The monoisotopic (exact) mass is 398 g/mol. The van der Waals surface area contributed by atoms with E-state index in [4.69, 9.17) is 4.74 Å². The predicted molar refractivity (Wildman–Crippen MR) is 113 cm³/mol. The first-order valence-electron chi connectivity index (χ1n) is 9.74. The van der Waals surface area contributed by atoms with Gasteiger partial charge in [0, 0.05) is 64.3 Å². The number of pyridine rings is 1. The third kappa shape index (κ3) is 4.45. The fourth-order valence-electron chi connectivity index (χ4n) is 3.69. The summed E-state index contributed by atoms with van der Waals surface area (Å²) in [5, 5.41) is 3.21. The largest absolute Gasteiger partial charge is 0.387 e. The number of likely N-dealkylation sites (N-methyl/N-ethyl adjacent to an activating group) is 1. The molecule has 3 rings (SSSR count). The van der Waals surface area contributed by atoms with Gasteiger partial charge in [-0.25, -0.2) is 4.39 Å². The SMILES string of the molecule is CN=CC(=C(NC)C1=CCC(F)C=C1)c1ccnc2c1C(=O)N(CCCOC)C2. The second-order valence-corrected chi connectivity index (χ2v) is 6.95. The molecular weight excluding hydrogens is 371 g/mol. The van der Waals surface area contributed by atoms with Gasteiger partial charge >= 0.3 is 0 Å². The Hall–Kier alpha value is -2.80. The van der Waals surface area contributed by atoms with E-state index in [0.29, 0.717) is 31.7 Å². The van der Waals surface area contributed by atoms with Crippen LogP contribution >= 0.6 is 0 Å². The summed E-state index contributed by atoms with van der Waals surface area (Å²) in [6.07, 6.45) is 8.77. The van der Waals surface area contributed by atoms with Crippen molar-refractivity contribution < 1.29 is 13.9 Å². The van der Waals surface area contributed by atoms with Crippen LogP contribution in [0.2, 0.25) is 0 Å². The van der Waals surface area contributed by atoms with Crippen LogP contribution in [0.3, 0.4) is 0 Å². The molecule has 1 N–H and O–H groups in total. The first-order valence-corrected chi connectivity index (χ1v) is 9.74. The summed E-state index contributed by atoms with van der Waals surface area (Å²) in [4.78, 5) is 23.6. The summed E-state index contributed by atoms with van der Waals surface area (Å²) < 4.78 is 18.6. The van der Waals surface area contributed by atoms with E-state index in [1.165, 1.54) is 0 Å². The molecule has 1 aliphatic carbocycles. The Balaban J connectivity index is 2.04. The number of carbonyl (C=O) groups is 1. The molecule has 1 aliphatic heterocycles.